The Balaban J connectivity index is 2.63. The summed E-state index contributed by atoms with van der Waals surface area (Å²) in [5, 5.41) is 17.3. The summed E-state index contributed by atoms with van der Waals surface area (Å²) < 4.78 is 54.2. The first-order chi connectivity index (χ1) is 10.2. The van der Waals surface area contributed by atoms with Crippen molar-refractivity contribution in [2.24, 2.45) is 0 Å². The highest BCUT2D eigenvalue weighted by Gasteiger charge is 2.21. The third-order valence-corrected chi connectivity index (χ3v) is 2.85. The number of carboxylic acid groups (broad SMARTS) is 2. The molecule has 114 valence electrons. The van der Waals surface area contributed by atoms with Crippen LogP contribution in [0.15, 0.2) is 24.3 Å². The fourth-order valence-corrected chi connectivity index (χ4v) is 1.89. The van der Waals surface area contributed by atoms with Gasteiger partial charge in [0.1, 0.15) is 34.4 Å². The van der Waals surface area contributed by atoms with E-state index in [2.05, 4.69) is 0 Å². The van der Waals surface area contributed by atoms with Gasteiger partial charge in [-0.05, 0) is 35.4 Å². The Hall–Kier alpha value is -2.90. The molecule has 8 heteroatoms. The molecule has 0 aromatic heterocycles. The van der Waals surface area contributed by atoms with Crippen LogP contribution in [0.3, 0.4) is 0 Å². The first-order valence-electron chi connectivity index (χ1n) is 5.67. The fourth-order valence-electron chi connectivity index (χ4n) is 1.89. The Morgan fingerprint density at radius 2 is 0.864 bits per heavy atom. The van der Waals surface area contributed by atoms with E-state index in [0.717, 1.165) is 0 Å². The third-order valence-electron chi connectivity index (χ3n) is 2.85. The van der Waals surface area contributed by atoms with Gasteiger partial charge in [-0.1, -0.05) is 0 Å². The van der Waals surface area contributed by atoms with E-state index >= 15 is 0 Å². The predicted octanol–water partition coefficient (Wildman–Crippen LogP) is 3.31. The summed E-state index contributed by atoms with van der Waals surface area (Å²) in [6, 6.07) is 2.34. The third kappa shape index (κ3) is 2.62. The second-order valence-electron chi connectivity index (χ2n) is 4.24. The predicted molar refractivity (Wildman–Crippen MR) is 65.6 cm³/mol. The van der Waals surface area contributed by atoms with E-state index < -0.39 is 46.3 Å². The van der Waals surface area contributed by atoms with E-state index in [0.29, 0.717) is 24.3 Å². The fraction of sp³-hybridized carbons (Fsp3) is 0. The Kier molecular flexibility index (Phi) is 3.85. The van der Waals surface area contributed by atoms with Crippen molar-refractivity contribution >= 4 is 11.9 Å². The molecule has 0 bridgehead atoms. The van der Waals surface area contributed by atoms with Crippen LogP contribution in [-0.2, 0) is 0 Å². The molecular formula is C14H6F4O4. The molecule has 0 radical (unpaired) electrons. The van der Waals surface area contributed by atoms with E-state index in [-0.39, 0.29) is 11.1 Å². The lowest BCUT2D eigenvalue weighted by molar-refractivity contribution is 0.0674. The number of aromatic carboxylic acids is 2. The number of rotatable bonds is 3. The highest BCUT2D eigenvalue weighted by atomic mass is 19.1. The van der Waals surface area contributed by atoms with Crippen molar-refractivity contribution in [1.82, 2.24) is 0 Å². The first-order valence-corrected chi connectivity index (χ1v) is 5.67. The smallest absolute Gasteiger partial charge is 0.341 e. The Morgan fingerprint density at radius 1 is 0.636 bits per heavy atom. The lowest BCUT2D eigenvalue weighted by atomic mass is 10.0. The lowest BCUT2D eigenvalue weighted by Crippen LogP contribution is -2.06. The maximum Gasteiger partial charge on any atom is 0.341 e. The van der Waals surface area contributed by atoms with Gasteiger partial charge in [0.05, 0.1) is 0 Å². The van der Waals surface area contributed by atoms with Crippen molar-refractivity contribution in [1.29, 1.82) is 0 Å². The lowest BCUT2D eigenvalue weighted by Gasteiger charge is -2.08. The molecule has 0 saturated heterocycles. The summed E-state index contributed by atoms with van der Waals surface area (Å²) in [4.78, 5) is 21.3. The average Bonchev–Trinajstić information content (AvgIpc) is 2.35. The standard InChI is InChI=1S/C14H6F4O4/c15-7-1-5(2-8(16)11(7)13(19)20)6-3-9(17)12(14(21)22)10(18)4-6/h1-4H,(H,19,20)(H,21,22). The molecule has 0 aliphatic rings. The molecule has 4 nitrogen and oxygen atoms in total. The van der Waals surface area contributed by atoms with Gasteiger partial charge in [-0.15, -0.1) is 0 Å². The zero-order valence-electron chi connectivity index (χ0n) is 10.5. The monoisotopic (exact) mass is 314 g/mol. The van der Waals surface area contributed by atoms with Gasteiger partial charge in [0.2, 0.25) is 0 Å². The number of benzene rings is 2. The minimum absolute atomic E-state index is 0.338. The zero-order valence-corrected chi connectivity index (χ0v) is 10.5. The van der Waals surface area contributed by atoms with Crippen LogP contribution in [0.2, 0.25) is 0 Å². The maximum atomic E-state index is 13.6. The Bertz CT molecular complexity index is 688. The number of hydrogen-bond donors (Lipinski definition) is 2. The first kappa shape index (κ1) is 15.5. The van der Waals surface area contributed by atoms with Gasteiger partial charge >= 0.3 is 11.9 Å². The topological polar surface area (TPSA) is 74.6 Å². The highest BCUT2D eigenvalue weighted by molar-refractivity contribution is 5.90. The summed E-state index contributed by atoms with van der Waals surface area (Å²) in [5.41, 5.74) is -3.08. The van der Waals surface area contributed by atoms with Crippen LogP contribution in [0.4, 0.5) is 17.6 Å². The molecule has 0 spiro atoms. The van der Waals surface area contributed by atoms with Crippen molar-refractivity contribution in [3.05, 3.63) is 58.7 Å². The van der Waals surface area contributed by atoms with Crippen molar-refractivity contribution < 1.29 is 37.4 Å². The average molecular weight is 314 g/mol. The SMILES string of the molecule is O=C(O)c1c(F)cc(-c2cc(F)c(C(=O)O)c(F)c2)cc1F. The van der Waals surface area contributed by atoms with Gasteiger partial charge in [-0.3, -0.25) is 0 Å². The van der Waals surface area contributed by atoms with E-state index in [9.17, 15) is 27.2 Å². The molecule has 0 atom stereocenters. The number of carbonyl (C=O) groups is 2. The molecule has 0 unspecified atom stereocenters. The molecule has 0 saturated carbocycles. The number of halogens is 4. The largest absolute Gasteiger partial charge is 0.477 e. The van der Waals surface area contributed by atoms with Crippen LogP contribution in [0, 0.1) is 23.3 Å². The van der Waals surface area contributed by atoms with Crippen molar-refractivity contribution in [3.63, 3.8) is 0 Å². The van der Waals surface area contributed by atoms with Crippen molar-refractivity contribution in [3.8, 4) is 11.1 Å². The molecule has 22 heavy (non-hydrogen) atoms. The highest BCUT2D eigenvalue weighted by Crippen LogP contribution is 2.27. The van der Waals surface area contributed by atoms with Crippen LogP contribution < -0.4 is 0 Å². The maximum absolute atomic E-state index is 13.6. The Labute approximate surface area is 120 Å². The second-order valence-corrected chi connectivity index (χ2v) is 4.24. The number of carboxylic acids is 2. The minimum Gasteiger partial charge on any atom is -0.477 e. The van der Waals surface area contributed by atoms with E-state index in [1.165, 1.54) is 0 Å². The van der Waals surface area contributed by atoms with Gasteiger partial charge in [0.15, 0.2) is 0 Å². The van der Waals surface area contributed by atoms with Gasteiger partial charge < -0.3 is 10.2 Å². The van der Waals surface area contributed by atoms with Crippen LogP contribution in [0.5, 0.6) is 0 Å². The molecule has 0 fully saturated rings. The molecule has 0 aliphatic carbocycles. The Morgan fingerprint density at radius 3 is 1.05 bits per heavy atom. The molecule has 2 rings (SSSR count). The zero-order chi connectivity index (χ0) is 16.6. The van der Waals surface area contributed by atoms with Gasteiger partial charge in [-0.25, -0.2) is 27.2 Å². The van der Waals surface area contributed by atoms with E-state index in [1.807, 2.05) is 0 Å². The molecule has 2 aromatic carbocycles. The summed E-state index contributed by atoms with van der Waals surface area (Å²) in [5.74, 6) is -9.37. The molecule has 2 aromatic rings. The summed E-state index contributed by atoms with van der Waals surface area (Å²) in [6.07, 6.45) is 0. The van der Waals surface area contributed by atoms with Gasteiger partial charge in [0.25, 0.3) is 0 Å². The summed E-state index contributed by atoms with van der Waals surface area (Å²) in [6.45, 7) is 0. The van der Waals surface area contributed by atoms with E-state index in [4.69, 9.17) is 10.2 Å². The number of hydrogen-bond acceptors (Lipinski definition) is 2. The molecule has 0 heterocycles. The van der Waals surface area contributed by atoms with Gasteiger partial charge in [0, 0.05) is 0 Å². The quantitative estimate of drug-likeness (QED) is 0.852. The minimum atomic E-state index is -1.83. The van der Waals surface area contributed by atoms with Crippen molar-refractivity contribution in [2.75, 3.05) is 0 Å². The summed E-state index contributed by atoms with van der Waals surface area (Å²) in [7, 11) is 0. The van der Waals surface area contributed by atoms with Gasteiger partial charge in [-0.2, -0.15) is 0 Å². The molecule has 0 aliphatic heterocycles. The second kappa shape index (κ2) is 5.47. The summed E-state index contributed by atoms with van der Waals surface area (Å²) >= 11 is 0. The van der Waals surface area contributed by atoms with E-state index in [1.54, 1.807) is 0 Å². The van der Waals surface area contributed by atoms with Crippen LogP contribution in [0.1, 0.15) is 20.7 Å². The molecule has 0 amide bonds. The normalized spacial score (nSPS) is 10.5. The van der Waals surface area contributed by atoms with Crippen molar-refractivity contribution in [2.45, 2.75) is 0 Å². The molecular weight excluding hydrogens is 308 g/mol. The van der Waals surface area contributed by atoms with Crippen LogP contribution >= 0.6 is 0 Å². The molecule has 2 N–H and O–H groups in total. The van der Waals surface area contributed by atoms with Crippen LogP contribution in [-0.4, -0.2) is 22.2 Å². The van der Waals surface area contributed by atoms with Crippen LogP contribution in [0.25, 0.3) is 11.1 Å².